The number of amides is 2. The van der Waals surface area contributed by atoms with Crippen LogP contribution in [0.4, 0.5) is 0 Å². The molecule has 0 bridgehead atoms. The van der Waals surface area contributed by atoms with Crippen molar-refractivity contribution in [1.82, 2.24) is 15.3 Å². The number of primary amides is 1. The van der Waals surface area contributed by atoms with Crippen LogP contribution in [-0.2, 0) is 19.1 Å². The number of carbonyl (C=O) groups is 4. The molecule has 0 saturated carbocycles. The first-order valence-electron chi connectivity index (χ1n) is 15.0. The lowest BCUT2D eigenvalue weighted by Crippen LogP contribution is -2.43. The Morgan fingerprint density at radius 2 is 1.49 bits per heavy atom. The van der Waals surface area contributed by atoms with Gasteiger partial charge >= 0.3 is 11.9 Å². The summed E-state index contributed by atoms with van der Waals surface area (Å²) in [6, 6.07) is 5.97. The summed E-state index contributed by atoms with van der Waals surface area (Å²) >= 11 is 0. The largest absolute Gasteiger partial charge is 0.481 e. The van der Waals surface area contributed by atoms with Crippen molar-refractivity contribution in [3.8, 4) is 0 Å². The summed E-state index contributed by atoms with van der Waals surface area (Å²) in [6.45, 7) is 2.22. The maximum absolute atomic E-state index is 13.1. The number of nitrogens with two attached hydrogens (primary N) is 1. The van der Waals surface area contributed by atoms with E-state index in [4.69, 9.17) is 15.6 Å². The van der Waals surface area contributed by atoms with Crippen LogP contribution in [0.25, 0.3) is 11.0 Å². The van der Waals surface area contributed by atoms with E-state index in [0.29, 0.717) is 17.5 Å². The number of unbranched alkanes of at least 4 members (excludes halogenated alkanes) is 10. The number of esters is 1. The van der Waals surface area contributed by atoms with Crippen LogP contribution in [0, 0.1) is 0 Å². The predicted octanol–water partition coefficient (Wildman–Crippen LogP) is 5.47. The number of aromatic nitrogens is 2. The van der Waals surface area contributed by atoms with Gasteiger partial charge in [-0.05, 0) is 37.8 Å². The Bertz CT molecular complexity index is 1110. The summed E-state index contributed by atoms with van der Waals surface area (Å²) in [5, 5.41) is 11.6. The minimum atomic E-state index is -1.11. The highest BCUT2D eigenvalue weighted by molar-refractivity contribution is 5.96. The van der Waals surface area contributed by atoms with Gasteiger partial charge in [0, 0.05) is 6.42 Å². The molecule has 0 aliphatic carbocycles. The predicted molar refractivity (Wildman–Crippen MR) is 157 cm³/mol. The van der Waals surface area contributed by atoms with Crippen molar-refractivity contribution >= 4 is 34.8 Å². The van der Waals surface area contributed by atoms with Gasteiger partial charge in [-0.2, -0.15) is 0 Å². The fourth-order valence-corrected chi connectivity index (χ4v) is 4.71. The standard InChI is InChI=1S/C31H46N4O6/c1-2-3-4-5-6-7-8-9-10-11-12-16-23(21-28(32)36)41-31(40)26(19-15-20-29(37)38)35-30(39)27-22-33-24-17-13-14-18-25(24)34-27/h13-14,17-18,22-23,26H,2-12,15-16,19-21H2,1H3,(H2,32,36)(H,35,39)(H,37,38)/t23-,26-/m0/s1. The Balaban J connectivity index is 1.90. The van der Waals surface area contributed by atoms with Gasteiger partial charge in [0.15, 0.2) is 0 Å². The summed E-state index contributed by atoms with van der Waals surface area (Å²) in [7, 11) is 0. The first-order valence-corrected chi connectivity index (χ1v) is 15.0. The summed E-state index contributed by atoms with van der Waals surface area (Å²) in [5.41, 5.74) is 6.58. The zero-order valence-electron chi connectivity index (χ0n) is 24.3. The number of nitrogens with one attached hydrogen (secondary N) is 1. The highest BCUT2D eigenvalue weighted by Gasteiger charge is 2.27. The number of fused-ring (bicyclic) bond motifs is 1. The lowest BCUT2D eigenvalue weighted by Gasteiger charge is -2.22. The van der Waals surface area contributed by atoms with Gasteiger partial charge in [0.1, 0.15) is 17.8 Å². The molecule has 10 nitrogen and oxygen atoms in total. The number of rotatable bonds is 22. The maximum Gasteiger partial charge on any atom is 0.328 e. The Morgan fingerprint density at radius 3 is 2.10 bits per heavy atom. The SMILES string of the molecule is CCCCCCCCCCCCC[C@@H](CC(N)=O)OC(=O)[C@H](CCCC(=O)O)NC(=O)c1cnc2ccccc2n1. The van der Waals surface area contributed by atoms with E-state index in [1.54, 1.807) is 18.2 Å². The van der Waals surface area contributed by atoms with E-state index in [1.807, 2.05) is 6.07 Å². The maximum atomic E-state index is 13.1. The molecule has 1 heterocycles. The van der Waals surface area contributed by atoms with E-state index in [2.05, 4.69) is 22.2 Å². The molecule has 2 rings (SSSR count). The Kier molecular flexibility index (Phi) is 16.0. The number of carbonyl (C=O) groups excluding carboxylic acids is 3. The Hall–Kier alpha value is -3.56. The van der Waals surface area contributed by atoms with Crippen molar-refractivity contribution < 1.29 is 29.0 Å². The molecule has 0 saturated heterocycles. The highest BCUT2D eigenvalue weighted by atomic mass is 16.5. The van der Waals surface area contributed by atoms with E-state index in [9.17, 15) is 19.2 Å². The van der Waals surface area contributed by atoms with E-state index in [0.717, 1.165) is 25.7 Å². The molecule has 0 fully saturated rings. The van der Waals surface area contributed by atoms with Crippen LogP contribution in [0.5, 0.6) is 0 Å². The van der Waals surface area contributed by atoms with Crippen LogP contribution in [0.2, 0.25) is 0 Å². The average Bonchev–Trinajstić information content (AvgIpc) is 2.94. The minimum Gasteiger partial charge on any atom is -0.481 e. The third-order valence-corrected chi connectivity index (χ3v) is 7.00. The monoisotopic (exact) mass is 570 g/mol. The number of benzene rings is 1. The third-order valence-electron chi connectivity index (χ3n) is 7.00. The van der Waals surface area contributed by atoms with Gasteiger partial charge in [0.25, 0.3) is 5.91 Å². The van der Waals surface area contributed by atoms with E-state index in [-0.39, 0.29) is 31.4 Å². The van der Waals surface area contributed by atoms with Gasteiger partial charge in [-0.1, -0.05) is 83.3 Å². The number of carboxylic acids is 1. The second-order valence-electron chi connectivity index (χ2n) is 10.6. The Morgan fingerprint density at radius 1 is 0.878 bits per heavy atom. The fourth-order valence-electron chi connectivity index (χ4n) is 4.71. The average molecular weight is 571 g/mol. The van der Waals surface area contributed by atoms with Crippen LogP contribution < -0.4 is 11.1 Å². The van der Waals surface area contributed by atoms with Crippen molar-refractivity contribution in [1.29, 1.82) is 0 Å². The van der Waals surface area contributed by atoms with E-state index in [1.165, 1.54) is 51.1 Å². The third kappa shape index (κ3) is 14.1. The Labute approximate surface area is 242 Å². The number of aliphatic carboxylic acids is 1. The second kappa shape index (κ2) is 19.5. The normalized spacial score (nSPS) is 12.5. The van der Waals surface area contributed by atoms with Crippen molar-refractivity contribution in [2.45, 2.75) is 122 Å². The van der Waals surface area contributed by atoms with Crippen LogP contribution >= 0.6 is 0 Å². The van der Waals surface area contributed by atoms with Gasteiger partial charge in [0.2, 0.25) is 5.91 Å². The number of nitrogens with zero attached hydrogens (tertiary/aromatic N) is 2. The molecule has 41 heavy (non-hydrogen) atoms. The zero-order chi connectivity index (χ0) is 29.9. The number of carboxylic acid groups (broad SMARTS) is 1. The van der Waals surface area contributed by atoms with Crippen LogP contribution in [0.15, 0.2) is 30.5 Å². The lowest BCUT2D eigenvalue weighted by atomic mass is 10.0. The molecule has 2 atom stereocenters. The first kappa shape index (κ1) is 33.6. The van der Waals surface area contributed by atoms with Gasteiger partial charge in [-0.25, -0.2) is 9.78 Å². The highest BCUT2D eigenvalue weighted by Crippen LogP contribution is 2.16. The van der Waals surface area contributed by atoms with Gasteiger partial charge < -0.3 is 20.9 Å². The molecule has 10 heteroatoms. The first-order chi connectivity index (χ1) is 19.8. The molecule has 2 aromatic rings. The van der Waals surface area contributed by atoms with Crippen molar-refractivity contribution in [3.05, 3.63) is 36.2 Å². The van der Waals surface area contributed by atoms with Gasteiger partial charge in [-0.15, -0.1) is 0 Å². The lowest BCUT2D eigenvalue weighted by molar-refractivity contribution is -0.153. The number of para-hydroxylation sites is 2. The second-order valence-corrected chi connectivity index (χ2v) is 10.6. The number of hydrogen-bond donors (Lipinski definition) is 3. The molecule has 0 spiro atoms. The molecule has 0 radical (unpaired) electrons. The van der Waals surface area contributed by atoms with E-state index >= 15 is 0 Å². The van der Waals surface area contributed by atoms with E-state index < -0.39 is 35.9 Å². The van der Waals surface area contributed by atoms with Crippen LogP contribution in [0.3, 0.4) is 0 Å². The molecule has 1 aromatic heterocycles. The molecular weight excluding hydrogens is 524 g/mol. The number of hydrogen-bond acceptors (Lipinski definition) is 7. The summed E-state index contributed by atoms with van der Waals surface area (Å²) in [5.74, 6) is -2.94. The fraction of sp³-hybridized carbons (Fsp3) is 0.613. The summed E-state index contributed by atoms with van der Waals surface area (Å²) in [6.07, 6.45) is 13.9. The van der Waals surface area contributed by atoms with Crippen molar-refractivity contribution in [2.24, 2.45) is 5.73 Å². The van der Waals surface area contributed by atoms with Crippen LogP contribution in [-0.4, -0.2) is 51.0 Å². The van der Waals surface area contributed by atoms with Crippen molar-refractivity contribution in [2.75, 3.05) is 0 Å². The molecular formula is C31H46N4O6. The smallest absolute Gasteiger partial charge is 0.328 e. The van der Waals surface area contributed by atoms with Crippen LogP contribution in [0.1, 0.15) is 120 Å². The molecule has 1 aromatic carbocycles. The molecule has 2 amide bonds. The zero-order valence-corrected chi connectivity index (χ0v) is 24.3. The minimum absolute atomic E-state index is 0.0226. The topological polar surface area (TPSA) is 162 Å². The van der Waals surface area contributed by atoms with Crippen molar-refractivity contribution in [3.63, 3.8) is 0 Å². The summed E-state index contributed by atoms with van der Waals surface area (Å²) < 4.78 is 5.64. The quantitative estimate of drug-likeness (QED) is 0.124. The molecule has 226 valence electrons. The molecule has 0 aliphatic heterocycles. The molecule has 0 aliphatic rings. The molecule has 0 unspecified atom stereocenters. The number of ether oxygens (including phenoxy) is 1. The molecule has 4 N–H and O–H groups in total. The van der Waals surface area contributed by atoms with Gasteiger partial charge in [-0.3, -0.25) is 19.4 Å². The van der Waals surface area contributed by atoms with Gasteiger partial charge in [0.05, 0.1) is 23.7 Å². The summed E-state index contributed by atoms with van der Waals surface area (Å²) in [4.78, 5) is 57.3.